The Balaban J connectivity index is 1.72. The predicted octanol–water partition coefficient (Wildman–Crippen LogP) is 3.31. The van der Waals surface area contributed by atoms with Crippen LogP contribution in [0.15, 0.2) is 84.9 Å². The third kappa shape index (κ3) is 4.96. The van der Waals surface area contributed by atoms with Gasteiger partial charge in [-0.25, -0.2) is 5.43 Å². The van der Waals surface area contributed by atoms with E-state index in [1.807, 2.05) is 48.5 Å². The molecule has 0 radical (unpaired) electrons. The van der Waals surface area contributed by atoms with E-state index < -0.39 is 6.04 Å². The summed E-state index contributed by atoms with van der Waals surface area (Å²) in [6, 6.07) is 24.3. The van der Waals surface area contributed by atoms with Crippen LogP contribution in [-0.4, -0.2) is 18.9 Å². The number of rotatable bonds is 7. The van der Waals surface area contributed by atoms with Crippen LogP contribution in [0, 0.1) is 0 Å². The van der Waals surface area contributed by atoms with E-state index in [0.717, 1.165) is 5.56 Å². The summed E-state index contributed by atoms with van der Waals surface area (Å²) in [5.74, 6) is 0.0254. The number of para-hydroxylation sites is 1. The van der Waals surface area contributed by atoms with Crippen molar-refractivity contribution in [2.75, 3.05) is 12.4 Å². The van der Waals surface area contributed by atoms with Crippen molar-refractivity contribution in [2.45, 2.75) is 6.04 Å². The number of carbonyl (C=O) groups is 2. The number of benzene rings is 3. The minimum atomic E-state index is -0.761. The van der Waals surface area contributed by atoms with E-state index in [1.165, 1.54) is 0 Å². The molecule has 0 heterocycles. The zero-order valence-corrected chi connectivity index (χ0v) is 15.4. The number of hydrogen-bond acceptors (Lipinski definition) is 4. The van der Waals surface area contributed by atoms with Crippen molar-refractivity contribution >= 4 is 17.5 Å². The Morgan fingerprint density at radius 1 is 0.821 bits per heavy atom. The lowest BCUT2D eigenvalue weighted by atomic mass is 10.1. The lowest BCUT2D eigenvalue weighted by molar-refractivity contribution is -0.118. The highest BCUT2D eigenvalue weighted by molar-refractivity contribution is 5.97. The SMILES string of the molecule is COc1ccc(C(=O)NN[C@@H](C(=O)Nc2ccccc2)c2ccccc2)cc1. The molecular weight excluding hydrogens is 354 g/mol. The fourth-order valence-corrected chi connectivity index (χ4v) is 2.63. The molecule has 0 aromatic heterocycles. The summed E-state index contributed by atoms with van der Waals surface area (Å²) in [5.41, 5.74) is 7.30. The van der Waals surface area contributed by atoms with Gasteiger partial charge in [-0.05, 0) is 42.0 Å². The molecule has 0 fully saturated rings. The Hall–Kier alpha value is -3.64. The molecule has 3 N–H and O–H groups in total. The number of amides is 2. The molecule has 0 aliphatic carbocycles. The smallest absolute Gasteiger partial charge is 0.265 e. The minimum Gasteiger partial charge on any atom is -0.497 e. The average molecular weight is 375 g/mol. The number of methoxy groups -OCH3 is 1. The molecule has 2 amide bonds. The minimum absolute atomic E-state index is 0.285. The summed E-state index contributed by atoms with van der Waals surface area (Å²) < 4.78 is 5.09. The molecule has 0 bridgehead atoms. The largest absolute Gasteiger partial charge is 0.497 e. The maximum absolute atomic E-state index is 12.8. The number of nitrogens with one attached hydrogen (secondary N) is 3. The van der Waals surface area contributed by atoms with Gasteiger partial charge < -0.3 is 10.1 Å². The molecule has 142 valence electrons. The fraction of sp³-hybridized carbons (Fsp3) is 0.0909. The van der Waals surface area contributed by atoms with Crippen LogP contribution in [-0.2, 0) is 4.79 Å². The van der Waals surface area contributed by atoms with Crippen molar-refractivity contribution in [1.29, 1.82) is 0 Å². The summed E-state index contributed by atoms with van der Waals surface area (Å²) in [4.78, 5) is 25.2. The van der Waals surface area contributed by atoms with Crippen molar-refractivity contribution in [2.24, 2.45) is 0 Å². The molecule has 3 aromatic carbocycles. The van der Waals surface area contributed by atoms with Crippen LogP contribution in [0.1, 0.15) is 22.0 Å². The van der Waals surface area contributed by atoms with Gasteiger partial charge in [-0.2, -0.15) is 0 Å². The fourth-order valence-electron chi connectivity index (χ4n) is 2.63. The van der Waals surface area contributed by atoms with Crippen molar-refractivity contribution < 1.29 is 14.3 Å². The van der Waals surface area contributed by atoms with E-state index in [2.05, 4.69) is 16.2 Å². The predicted molar refractivity (Wildman–Crippen MR) is 108 cm³/mol. The second-order valence-corrected chi connectivity index (χ2v) is 6.03. The lowest BCUT2D eigenvalue weighted by Crippen LogP contribution is -2.44. The summed E-state index contributed by atoms with van der Waals surface area (Å²) >= 11 is 0. The highest BCUT2D eigenvalue weighted by atomic mass is 16.5. The van der Waals surface area contributed by atoms with Crippen LogP contribution in [0.3, 0.4) is 0 Å². The summed E-state index contributed by atoms with van der Waals surface area (Å²) in [7, 11) is 1.56. The van der Waals surface area contributed by atoms with E-state index in [-0.39, 0.29) is 11.8 Å². The van der Waals surface area contributed by atoms with Crippen LogP contribution < -0.4 is 20.9 Å². The Bertz CT molecular complexity index is 913. The second-order valence-electron chi connectivity index (χ2n) is 6.03. The van der Waals surface area contributed by atoms with Crippen molar-refractivity contribution in [3.63, 3.8) is 0 Å². The third-order valence-corrected chi connectivity index (χ3v) is 4.12. The Labute approximate surface area is 163 Å². The second kappa shape index (κ2) is 9.34. The number of carbonyl (C=O) groups excluding carboxylic acids is 2. The van der Waals surface area contributed by atoms with Gasteiger partial charge in [-0.15, -0.1) is 0 Å². The Morgan fingerprint density at radius 3 is 2.04 bits per heavy atom. The maximum atomic E-state index is 12.8. The van der Waals surface area contributed by atoms with E-state index in [0.29, 0.717) is 17.0 Å². The van der Waals surface area contributed by atoms with E-state index in [9.17, 15) is 9.59 Å². The number of hydrogen-bond donors (Lipinski definition) is 3. The average Bonchev–Trinajstić information content (AvgIpc) is 2.75. The van der Waals surface area contributed by atoms with Crippen LogP contribution in [0.4, 0.5) is 5.69 Å². The van der Waals surface area contributed by atoms with E-state index in [4.69, 9.17) is 4.74 Å². The monoisotopic (exact) mass is 375 g/mol. The normalized spacial score (nSPS) is 11.3. The highest BCUT2D eigenvalue weighted by Crippen LogP contribution is 2.16. The van der Waals surface area contributed by atoms with E-state index in [1.54, 1.807) is 43.5 Å². The molecule has 28 heavy (non-hydrogen) atoms. The van der Waals surface area contributed by atoms with Crippen LogP contribution in [0.2, 0.25) is 0 Å². The molecule has 1 atom stereocenters. The van der Waals surface area contributed by atoms with Gasteiger partial charge in [-0.3, -0.25) is 15.0 Å². The van der Waals surface area contributed by atoms with Gasteiger partial charge in [0.2, 0.25) is 5.91 Å². The molecule has 0 saturated heterocycles. The molecule has 0 spiro atoms. The molecule has 6 heteroatoms. The first-order chi connectivity index (χ1) is 13.7. The van der Waals surface area contributed by atoms with Gasteiger partial charge in [0.25, 0.3) is 5.91 Å². The lowest BCUT2D eigenvalue weighted by Gasteiger charge is -2.19. The number of ether oxygens (including phenoxy) is 1. The molecule has 0 saturated carbocycles. The maximum Gasteiger partial charge on any atom is 0.265 e. The van der Waals surface area contributed by atoms with Gasteiger partial charge in [0, 0.05) is 11.3 Å². The standard InChI is InChI=1S/C22H21N3O3/c1-28-19-14-12-17(13-15-19)21(26)25-24-20(16-8-4-2-5-9-16)22(27)23-18-10-6-3-7-11-18/h2-15,20,24H,1H3,(H,23,27)(H,25,26)/t20-/m1/s1. The first kappa shape index (κ1) is 19.1. The molecule has 0 unspecified atom stereocenters. The van der Waals surface area contributed by atoms with Gasteiger partial charge in [0.05, 0.1) is 7.11 Å². The molecule has 3 aromatic rings. The van der Waals surface area contributed by atoms with Gasteiger partial charge >= 0.3 is 0 Å². The van der Waals surface area contributed by atoms with Crippen LogP contribution >= 0.6 is 0 Å². The Morgan fingerprint density at radius 2 is 1.43 bits per heavy atom. The van der Waals surface area contributed by atoms with Crippen LogP contribution in [0.5, 0.6) is 5.75 Å². The first-order valence-corrected chi connectivity index (χ1v) is 8.78. The van der Waals surface area contributed by atoms with E-state index >= 15 is 0 Å². The summed E-state index contributed by atoms with van der Waals surface area (Å²) in [6.45, 7) is 0. The number of hydrazine groups is 1. The van der Waals surface area contributed by atoms with Gasteiger partial charge in [-0.1, -0.05) is 48.5 Å². The third-order valence-electron chi connectivity index (χ3n) is 4.12. The zero-order valence-electron chi connectivity index (χ0n) is 15.4. The van der Waals surface area contributed by atoms with Crippen LogP contribution in [0.25, 0.3) is 0 Å². The van der Waals surface area contributed by atoms with Gasteiger partial charge in [0.15, 0.2) is 0 Å². The molecule has 0 aliphatic heterocycles. The Kier molecular flexibility index (Phi) is 6.38. The summed E-state index contributed by atoms with van der Waals surface area (Å²) in [6.07, 6.45) is 0. The highest BCUT2D eigenvalue weighted by Gasteiger charge is 2.21. The van der Waals surface area contributed by atoms with Crippen molar-refractivity contribution in [1.82, 2.24) is 10.9 Å². The topological polar surface area (TPSA) is 79.5 Å². The summed E-state index contributed by atoms with van der Waals surface area (Å²) in [5, 5.41) is 2.85. The molecule has 6 nitrogen and oxygen atoms in total. The van der Waals surface area contributed by atoms with Crippen molar-refractivity contribution in [3.8, 4) is 5.75 Å². The quantitative estimate of drug-likeness (QED) is 0.554. The van der Waals surface area contributed by atoms with Crippen molar-refractivity contribution in [3.05, 3.63) is 96.1 Å². The molecule has 3 rings (SSSR count). The first-order valence-electron chi connectivity index (χ1n) is 8.78. The van der Waals surface area contributed by atoms with Gasteiger partial charge in [0.1, 0.15) is 11.8 Å². The molecular formula is C22H21N3O3. The molecule has 0 aliphatic rings. The zero-order chi connectivity index (χ0) is 19.8. The number of anilines is 1.